The summed E-state index contributed by atoms with van der Waals surface area (Å²) in [6.45, 7) is 1.88. The lowest BCUT2D eigenvalue weighted by Crippen LogP contribution is -2.30. The summed E-state index contributed by atoms with van der Waals surface area (Å²) in [7, 11) is -2.42. The average molecular weight is 388 g/mol. The zero-order valence-electron chi connectivity index (χ0n) is 15.0. The van der Waals surface area contributed by atoms with Gasteiger partial charge in [0.1, 0.15) is 5.75 Å². The minimum atomic E-state index is -3.92. The molecule has 8 heteroatoms. The van der Waals surface area contributed by atoms with Crippen LogP contribution in [0.3, 0.4) is 0 Å². The monoisotopic (exact) mass is 388 g/mol. The summed E-state index contributed by atoms with van der Waals surface area (Å²) in [4.78, 5) is 12.0. The van der Waals surface area contributed by atoms with E-state index >= 15 is 0 Å². The van der Waals surface area contributed by atoms with Crippen molar-refractivity contribution in [3.63, 3.8) is 0 Å². The molecule has 0 aliphatic rings. The third-order valence-corrected chi connectivity index (χ3v) is 5.25. The molecule has 0 radical (unpaired) electrons. The standard InChI is InChI=1S/C19H20N2O5S/c1-3-26-19(22)12-18(15-5-4-6-16(11-15)25-2)21-27(23,24)17-9-7-14(13-20)8-10-17/h4-11,18,21H,3,12H2,1-2H3. The first-order valence-corrected chi connectivity index (χ1v) is 9.70. The van der Waals surface area contributed by atoms with Gasteiger partial charge in [-0.25, -0.2) is 13.1 Å². The molecule has 0 saturated heterocycles. The summed E-state index contributed by atoms with van der Waals surface area (Å²) in [5, 5.41) is 8.85. The number of sulfonamides is 1. The first-order chi connectivity index (χ1) is 12.9. The molecule has 0 heterocycles. The fraction of sp³-hybridized carbons (Fsp3) is 0.263. The van der Waals surface area contributed by atoms with E-state index < -0.39 is 22.0 Å². The largest absolute Gasteiger partial charge is 0.497 e. The Morgan fingerprint density at radius 2 is 1.93 bits per heavy atom. The fourth-order valence-corrected chi connectivity index (χ4v) is 3.66. The molecule has 1 atom stereocenters. The number of methoxy groups -OCH3 is 1. The van der Waals surface area contributed by atoms with Gasteiger partial charge >= 0.3 is 5.97 Å². The third kappa shape index (κ3) is 5.54. The molecule has 1 N–H and O–H groups in total. The second-order valence-corrected chi connectivity index (χ2v) is 7.31. The summed E-state index contributed by atoms with van der Waals surface area (Å²) in [6, 6.07) is 13.4. The molecule has 27 heavy (non-hydrogen) atoms. The van der Waals surface area contributed by atoms with Gasteiger partial charge in [-0.05, 0) is 48.9 Å². The Morgan fingerprint density at radius 1 is 1.22 bits per heavy atom. The Hall–Kier alpha value is -2.89. The van der Waals surface area contributed by atoms with Gasteiger partial charge in [0.05, 0.1) is 42.7 Å². The Balaban J connectivity index is 2.34. The molecule has 142 valence electrons. The van der Waals surface area contributed by atoms with E-state index in [1.807, 2.05) is 6.07 Å². The summed E-state index contributed by atoms with van der Waals surface area (Å²) in [5.74, 6) is 0.0202. The lowest BCUT2D eigenvalue weighted by molar-refractivity contribution is -0.143. The van der Waals surface area contributed by atoms with Crippen LogP contribution in [0.4, 0.5) is 0 Å². The zero-order valence-corrected chi connectivity index (χ0v) is 15.8. The van der Waals surface area contributed by atoms with Crippen LogP contribution >= 0.6 is 0 Å². The highest BCUT2D eigenvalue weighted by Crippen LogP contribution is 2.24. The predicted molar refractivity (Wildman–Crippen MR) is 98.5 cm³/mol. The number of esters is 1. The molecule has 2 aromatic rings. The number of hydrogen-bond acceptors (Lipinski definition) is 6. The van der Waals surface area contributed by atoms with Gasteiger partial charge in [0.2, 0.25) is 10.0 Å². The number of carbonyl (C=O) groups is 1. The highest BCUT2D eigenvalue weighted by Gasteiger charge is 2.24. The highest BCUT2D eigenvalue weighted by molar-refractivity contribution is 7.89. The lowest BCUT2D eigenvalue weighted by Gasteiger charge is -2.19. The Morgan fingerprint density at radius 3 is 2.52 bits per heavy atom. The van der Waals surface area contributed by atoms with E-state index in [1.165, 1.54) is 31.4 Å². The topological polar surface area (TPSA) is 105 Å². The van der Waals surface area contributed by atoms with Crippen LogP contribution in [-0.4, -0.2) is 28.1 Å². The minimum Gasteiger partial charge on any atom is -0.497 e. The highest BCUT2D eigenvalue weighted by atomic mass is 32.2. The summed E-state index contributed by atoms with van der Waals surface area (Å²) in [6.07, 6.45) is -0.170. The number of ether oxygens (including phenoxy) is 2. The van der Waals surface area contributed by atoms with Gasteiger partial charge in [-0.15, -0.1) is 0 Å². The van der Waals surface area contributed by atoms with Crippen molar-refractivity contribution in [2.45, 2.75) is 24.3 Å². The van der Waals surface area contributed by atoms with Gasteiger partial charge in [-0.2, -0.15) is 5.26 Å². The number of hydrogen-bond donors (Lipinski definition) is 1. The first kappa shape index (κ1) is 20.4. The van der Waals surface area contributed by atoms with Gasteiger partial charge in [0.25, 0.3) is 0 Å². The second kappa shape index (κ2) is 9.16. The van der Waals surface area contributed by atoms with Gasteiger partial charge in [-0.1, -0.05) is 12.1 Å². The van der Waals surface area contributed by atoms with E-state index in [9.17, 15) is 13.2 Å². The zero-order chi connectivity index (χ0) is 19.9. The summed E-state index contributed by atoms with van der Waals surface area (Å²) in [5.41, 5.74) is 0.921. The van der Waals surface area contributed by atoms with Crippen molar-refractivity contribution < 1.29 is 22.7 Å². The number of rotatable bonds is 8. The van der Waals surface area contributed by atoms with Crippen LogP contribution in [0.15, 0.2) is 53.4 Å². The molecule has 0 fully saturated rings. The fourth-order valence-electron chi connectivity index (χ4n) is 2.44. The van der Waals surface area contributed by atoms with E-state index in [4.69, 9.17) is 14.7 Å². The maximum Gasteiger partial charge on any atom is 0.307 e. The molecule has 2 aromatic carbocycles. The van der Waals surface area contributed by atoms with Crippen LogP contribution in [0.2, 0.25) is 0 Å². The van der Waals surface area contributed by atoms with Gasteiger partial charge < -0.3 is 9.47 Å². The average Bonchev–Trinajstić information content (AvgIpc) is 2.67. The Labute approximate surface area is 158 Å². The van der Waals surface area contributed by atoms with Crippen LogP contribution in [0.5, 0.6) is 5.75 Å². The van der Waals surface area contributed by atoms with Crippen LogP contribution in [-0.2, 0) is 19.6 Å². The maximum atomic E-state index is 12.7. The van der Waals surface area contributed by atoms with E-state index in [-0.39, 0.29) is 17.9 Å². The van der Waals surface area contributed by atoms with Crippen LogP contribution in [0.1, 0.15) is 30.5 Å². The molecule has 2 rings (SSSR count). The smallest absolute Gasteiger partial charge is 0.307 e. The van der Waals surface area contributed by atoms with Crippen LogP contribution in [0, 0.1) is 11.3 Å². The molecule has 1 unspecified atom stereocenters. The molecule has 0 aromatic heterocycles. The third-order valence-electron chi connectivity index (χ3n) is 3.76. The van der Waals surface area contributed by atoms with Gasteiger partial charge in [-0.3, -0.25) is 4.79 Å². The molecule has 7 nitrogen and oxygen atoms in total. The number of carbonyl (C=O) groups excluding carboxylic acids is 1. The Kier molecular flexibility index (Phi) is 6.93. The van der Waals surface area contributed by atoms with E-state index in [0.29, 0.717) is 16.9 Å². The van der Waals surface area contributed by atoms with E-state index in [2.05, 4.69) is 4.72 Å². The summed E-state index contributed by atoms with van der Waals surface area (Å²) >= 11 is 0. The van der Waals surface area contributed by atoms with E-state index in [0.717, 1.165) is 0 Å². The SMILES string of the molecule is CCOC(=O)CC(NS(=O)(=O)c1ccc(C#N)cc1)c1cccc(OC)c1. The lowest BCUT2D eigenvalue weighted by atomic mass is 10.0. The van der Waals surface area contributed by atoms with Crippen LogP contribution < -0.4 is 9.46 Å². The van der Waals surface area contributed by atoms with Crippen LogP contribution in [0.25, 0.3) is 0 Å². The molecule has 0 aliphatic heterocycles. The van der Waals surface area contributed by atoms with Gasteiger partial charge in [0, 0.05) is 0 Å². The molecular formula is C19H20N2O5S. The molecule has 0 amide bonds. The van der Waals surface area contributed by atoms with Crippen molar-refractivity contribution in [3.8, 4) is 11.8 Å². The molecular weight excluding hydrogens is 368 g/mol. The molecule has 0 saturated carbocycles. The number of nitrogens with one attached hydrogen (secondary N) is 1. The predicted octanol–water partition coefficient (Wildman–Crippen LogP) is 2.54. The first-order valence-electron chi connectivity index (χ1n) is 8.21. The second-order valence-electron chi connectivity index (χ2n) is 5.60. The van der Waals surface area contributed by atoms with Crippen molar-refractivity contribution in [2.75, 3.05) is 13.7 Å². The van der Waals surface area contributed by atoms with E-state index in [1.54, 1.807) is 31.2 Å². The Bertz CT molecular complexity index is 933. The molecule has 0 aliphatic carbocycles. The van der Waals surface area contributed by atoms with Crippen molar-refractivity contribution in [3.05, 3.63) is 59.7 Å². The quantitative estimate of drug-likeness (QED) is 0.697. The summed E-state index contributed by atoms with van der Waals surface area (Å²) < 4.78 is 38.1. The number of benzene rings is 2. The van der Waals surface area contributed by atoms with Crippen molar-refractivity contribution in [1.82, 2.24) is 4.72 Å². The normalized spacial score (nSPS) is 12.0. The maximum absolute atomic E-state index is 12.7. The van der Waals surface area contributed by atoms with Gasteiger partial charge in [0.15, 0.2) is 0 Å². The molecule has 0 spiro atoms. The van der Waals surface area contributed by atoms with Crippen molar-refractivity contribution in [1.29, 1.82) is 5.26 Å². The number of nitrogens with zero attached hydrogens (tertiary/aromatic N) is 1. The number of nitriles is 1. The van der Waals surface area contributed by atoms with Crippen molar-refractivity contribution >= 4 is 16.0 Å². The van der Waals surface area contributed by atoms with Crippen molar-refractivity contribution in [2.24, 2.45) is 0 Å². The molecule has 0 bridgehead atoms. The minimum absolute atomic E-state index is 0.00162.